The molecule has 0 spiro atoms. The number of halogens is 2. The van der Waals surface area contributed by atoms with Gasteiger partial charge in [0.25, 0.3) is 0 Å². The highest BCUT2D eigenvalue weighted by Crippen LogP contribution is 2.30. The van der Waals surface area contributed by atoms with Gasteiger partial charge in [0.2, 0.25) is 0 Å². The molecular formula is C13H13BrFN3O. The second-order valence-electron chi connectivity index (χ2n) is 4.58. The topological polar surface area (TPSA) is 60.2 Å². The van der Waals surface area contributed by atoms with Gasteiger partial charge in [0.05, 0.1) is 29.2 Å². The lowest BCUT2D eigenvalue weighted by Crippen LogP contribution is -2.19. The van der Waals surface area contributed by atoms with Crippen molar-refractivity contribution in [3.05, 3.63) is 28.5 Å². The maximum Gasteiger partial charge on any atom is 0.135 e. The number of aromatic nitrogens is 1. The maximum absolute atomic E-state index is 14.1. The van der Waals surface area contributed by atoms with E-state index in [1.54, 1.807) is 12.1 Å². The van der Waals surface area contributed by atoms with Crippen molar-refractivity contribution in [2.24, 2.45) is 0 Å². The van der Waals surface area contributed by atoms with E-state index in [0.717, 1.165) is 13.0 Å². The smallest absolute Gasteiger partial charge is 0.135 e. The van der Waals surface area contributed by atoms with Gasteiger partial charge < -0.3 is 15.8 Å². The van der Waals surface area contributed by atoms with Gasteiger partial charge in [0.1, 0.15) is 11.6 Å². The molecule has 0 bridgehead atoms. The molecule has 1 atom stereocenters. The summed E-state index contributed by atoms with van der Waals surface area (Å²) >= 11 is 3.26. The van der Waals surface area contributed by atoms with Crippen molar-refractivity contribution in [3.63, 3.8) is 0 Å². The predicted molar refractivity (Wildman–Crippen MR) is 76.7 cm³/mol. The lowest BCUT2D eigenvalue weighted by Gasteiger charge is -2.15. The number of hydrogen-bond acceptors (Lipinski definition) is 4. The summed E-state index contributed by atoms with van der Waals surface area (Å²) in [5.74, 6) is 0.0460. The first-order valence-corrected chi connectivity index (χ1v) is 6.82. The normalized spacial score (nSPS) is 18.9. The molecule has 1 aromatic heterocycles. The molecule has 1 fully saturated rings. The lowest BCUT2D eigenvalue weighted by molar-refractivity contribution is 0.195. The van der Waals surface area contributed by atoms with Crippen LogP contribution in [0.3, 0.4) is 0 Å². The third kappa shape index (κ3) is 2.50. The lowest BCUT2D eigenvalue weighted by atomic mass is 10.1. The van der Waals surface area contributed by atoms with E-state index < -0.39 is 0 Å². The summed E-state index contributed by atoms with van der Waals surface area (Å²) in [5, 5.41) is 3.75. The van der Waals surface area contributed by atoms with Crippen LogP contribution < -0.4 is 11.1 Å². The van der Waals surface area contributed by atoms with Gasteiger partial charge >= 0.3 is 0 Å². The van der Waals surface area contributed by atoms with Gasteiger partial charge in [-0.15, -0.1) is 0 Å². The highest BCUT2D eigenvalue weighted by Gasteiger charge is 2.18. The second kappa shape index (κ2) is 4.94. The number of nitrogens with one attached hydrogen (secondary N) is 1. The van der Waals surface area contributed by atoms with Crippen LogP contribution in [-0.2, 0) is 4.74 Å². The number of nitrogens with two attached hydrogens (primary N) is 1. The Bertz CT molecular complexity index is 624. The minimum atomic E-state index is -0.321. The molecule has 0 aliphatic carbocycles. The number of hydrogen-bond donors (Lipinski definition) is 2. The Hall–Kier alpha value is -1.40. The van der Waals surface area contributed by atoms with E-state index in [-0.39, 0.29) is 11.9 Å². The van der Waals surface area contributed by atoms with Crippen LogP contribution in [0.1, 0.15) is 6.42 Å². The summed E-state index contributed by atoms with van der Waals surface area (Å²) in [6.07, 6.45) is 0.905. The van der Waals surface area contributed by atoms with E-state index in [0.29, 0.717) is 33.5 Å². The SMILES string of the molecule is Nc1cc(NC2CCOC2)c2c(F)cc(Br)cc2n1. The molecule has 1 aliphatic heterocycles. The molecule has 0 amide bonds. The number of anilines is 2. The van der Waals surface area contributed by atoms with Crippen molar-refractivity contribution in [2.75, 3.05) is 24.3 Å². The molecule has 19 heavy (non-hydrogen) atoms. The van der Waals surface area contributed by atoms with Gasteiger partial charge in [-0.2, -0.15) is 0 Å². The predicted octanol–water partition coefficient (Wildman–Crippen LogP) is 2.92. The van der Waals surface area contributed by atoms with E-state index in [1.165, 1.54) is 6.07 Å². The fourth-order valence-corrected chi connectivity index (χ4v) is 2.71. The van der Waals surface area contributed by atoms with Crippen molar-refractivity contribution in [2.45, 2.75) is 12.5 Å². The van der Waals surface area contributed by atoms with Gasteiger partial charge in [0, 0.05) is 17.1 Å². The van der Waals surface area contributed by atoms with E-state index in [4.69, 9.17) is 10.5 Å². The first kappa shape index (κ1) is 12.6. The molecule has 3 rings (SSSR count). The van der Waals surface area contributed by atoms with Crippen LogP contribution in [0.25, 0.3) is 10.9 Å². The van der Waals surface area contributed by atoms with Crippen LogP contribution >= 0.6 is 15.9 Å². The number of rotatable bonds is 2. The molecule has 6 heteroatoms. The Kier molecular flexibility index (Phi) is 3.28. The highest BCUT2D eigenvalue weighted by molar-refractivity contribution is 9.10. The van der Waals surface area contributed by atoms with Gasteiger partial charge in [-0.1, -0.05) is 15.9 Å². The maximum atomic E-state index is 14.1. The average molecular weight is 326 g/mol. The van der Waals surface area contributed by atoms with Gasteiger partial charge in [-0.25, -0.2) is 9.37 Å². The monoisotopic (exact) mass is 325 g/mol. The van der Waals surface area contributed by atoms with Gasteiger partial charge in [-0.05, 0) is 18.6 Å². The molecule has 100 valence electrons. The van der Waals surface area contributed by atoms with Crippen molar-refractivity contribution >= 4 is 38.3 Å². The standard InChI is InChI=1S/C13H13BrFN3O/c14-7-3-9(15)13-10(4-7)18-12(16)5-11(13)17-8-1-2-19-6-8/h3-5,8H,1-2,6H2,(H3,16,17,18). The zero-order valence-electron chi connectivity index (χ0n) is 10.1. The van der Waals surface area contributed by atoms with Crippen LogP contribution in [0.2, 0.25) is 0 Å². The molecule has 3 N–H and O–H groups in total. The van der Waals surface area contributed by atoms with Crippen LogP contribution in [0.5, 0.6) is 0 Å². The molecule has 1 saturated heterocycles. The average Bonchev–Trinajstić information content (AvgIpc) is 2.79. The Balaban J connectivity index is 2.11. The Morgan fingerprint density at radius 2 is 2.26 bits per heavy atom. The molecule has 4 nitrogen and oxygen atoms in total. The van der Waals surface area contributed by atoms with Crippen LogP contribution in [0.15, 0.2) is 22.7 Å². The molecule has 1 aliphatic rings. The molecule has 1 aromatic carbocycles. The number of pyridine rings is 1. The van der Waals surface area contributed by atoms with Crippen LogP contribution in [0.4, 0.5) is 15.9 Å². The largest absolute Gasteiger partial charge is 0.384 e. The number of fused-ring (bicyclic) bond motifs is 1. The number of ether oxygens (including phenoxy) is 1. The third-order valence-corrected chi connectivity index (χ3v) is 3.59. The van der Waals surface area contributed by atoms with Gasteiger partial charge in [0.15, 0.2) is 0 Å². The Morgan fingerprint density at radius 1 is 1.42 bits per heavy atom. The zero-order valence-corrected chi connectivity index (χ0v) is 11.7. The van der Waals surface area contributed by atoms with Gasteiger partial charge in [-0.3, -0.25) is 0 Å². The molecule has 1 unspecified atom stereocenters. The highest BCUT2D eigenvalue weighted by atomic mass is 79.9. The first-order valence-electron chi connectivity index (χ1n) is 6.03. The summed E-state index contributed by atoms with van der Waals surface area (Å²) in [6, 6.07) is 5.03. The van der Waals surface area contributed by atoms with Crippen molar-refractivity contribution < 1.29 is 9.13 Å². The van der Waals surface area contributed by atoms with E-state index >= 15 is 0 Å². The Labute approximate surface area is 118 Å². The van der Waals surface area contributed by atoms with Crippen molar-refractivity contribution in [1.82, 2.24) is 4.98 Å². The minimum Gasteiger partial charge on any atom is -0.384 e. The van der Waals surface area contributed by atoms with Crippen molar-refractivity contribution in [1.29, 1.82) is 0 Å². The summed E-state index contributed by atoms with van der Waals surface area (Å²) in [6.45, 7) is 1.35. The first-order chi connectivity index (χ1) is 9.13. The third-order valence-electron chi connectivity index (χ3n) is 3.13. The quantitative estimate of drug-likeness (QED) is 0.891. The second-order valence-corrected chi connectivity index (χ2v) is 5.50. The fourth-order valence-electron chi connectivity index (χ4n) is 2.29. The summed E-state index contributed by atoms with van der Waals surface area (Å²) in [5.41, 5.74) is 6.98. The van der Waals surface area contributed by atoms with E-state index in [2.05, 4.69) is 26.2 Å². The number of nitrogen functional groups attached to an aromatic ring is 1. The van der Waals surface area contributed by atoms with Crippen molar-refractivity contribution in [3.8, 4) is 0 Å². The summed E-state index contributed by atoms with van der Waals surface area (Å²) < 4.78 is 20.1. The minimum absolute atomic E-state index is 0.188. The molecule has 2 heterocycles. The number of benzene rings is 1. The Morgan fingerprint density at radius 3 is 3.00 bits per heavy atom. The summed E-state index contributed by atoms with van der Waals surface area (Å²) in [7, 11) is 0. The molecular weight excluding hydrogens is 313 g/mol. The van der Waals surface area contributed by atoms with E-state index in [9.17, 15) is 4.39 Å². The summed E-state index contributed by atoms with van der Waals surface area (Å²) in [4.78, 5) is 4.17. The molecule has 0 radical (unpaired) electrons. The van der Waals surface area contributed by atoms with E-state index in [1.807, 2.05) is 0 Å². The van der Waals surface area contributed by atoms with Crippen LogP contribution in [0, 0.1) is 5.82 Å². The number of nitrogens with zero attached hydrogens (tertiary/aromatic N) is 1. The molecule has 2 aromatic rings. The zero-order chi connectivity index (χ0) is 13.4. The fraction of sp³-hybridized carbons (Fsp3) is 0.308. The molecule has 0 saturated carbocycles. The van der Waals surface area contributed by atoms with Crippen LogP contribution in [-0.4, -0.2) is 24.2 Å².